The molecule has 1 unspecified atom stereocenters. The van der Waals surface area contributed by atoms with Crippen molar-refractivity contribution in [2.75, 3.05) is 19.1 Å². The molecule has 2 heterocycles. The fourth-order valence-corrected chi connectivity index (χ4v) is 4.69. The van der Waals surface area contributed by atoms with Gasteiger partial charge in [-0.25, -0.2) is 14.6 Å². The second-order valence-electron chi connectivity index (χ2n) is 8.00. The third kappa shape index (κ3) is 4.51. The van der Waals surface area contributed by atoms with Gasteiger partial charge in [0.1, 0.15) is 12.6 Å². The molecule has 0 aliphatic carbocycles. The Morgan fingerprint density at radius 3 is 2.29 bits per heavy atom. The number of hydrogen-bond donors (Lipinski definition) is 0. The van der Waals surface area contributed by atoms with Crippen molar-refractivity contribution >= 4 is 46.4 Å². The van der Waals surface area contributed by atoms with Crippen molar-refractivity contribution in [3.8, 4) is 0 Å². The van der Waals surface area contributed by atoms with Gasteiger partial charge in [0, 0.05) is 5.39 Å². The van der Waals surface area contributed by atoms with Gasteiger partial charge in [-0.1, -0.05) is 30.3 Å². The van der Waals surface area contributed by atoms with Crippen LogP contribution in [0, 0.1) is 6.92 Å². The van der Waals surface area contributed by atoms with Gasteiger partial charge >= 0.3 is 11.9 Å². The van der Waals surface area contributed by atoms with Crippen LogP contribution in [-0.4, -0.2) is 58.8 Å². The Hall–Kier alpha value is -3.72. The number of nitrogens with zero attached hydrogens (tertiary/aromatic N) is 2. The molecule has 2 amide bonds. The van der Waals surface area contributed by atoms with Gasteiger partial charge in [-0.05, 0) is 49.1 Å². The zero-order valence-electron chi connectivity index (χ0n) is 19.6. The van der Waals surface area contributed by atoms with Crippen LogP contribution >= 0.6 is 11.8 Å². The average molecular weight is 493 g/mol. The number of thioether (sulfide) groups is 1. The van der Waals surface area contributed by atoms with Gasteiger partial charge in [-0.15, -0.1) is 0 Å². The van der Waals surface area contributed by atoms with E-state index in [-0.39, 0.29) is 35.4 Å². The minimum atomic E-state index is -1.10. The summed E-state index contributed by atoms with van der Waals surface area (Å²) in [4.78, 5) is 57.2. The van der Waals surface area contributed by atoms with Gasteiger partial charge in [0.2, 0.25) is 0 Å². The topological polar surface area (TPSA) is 103 Å². The van der Waals surface area contributed by atoms with Gasteiger partial charge in [0.05, 0.1) is 35.0 Å². The van der Waals surface area contributed by atoms with E-state index in [1.54, 1.807) is 37.3 Å². The van der Waals surface area contributed by atoms with E-state index in [9.17, 15) is 19.2 Å². The molecule has 1 aliphatic rings. The molecule has 0 N–H and O–H groups in total. The average Bonchev–Trinajstić information content (AvgIpc) is 3.12. The lowest BCUT2D eigenvalue weighted by atomic mass is 10.0. The number of para-hydroxylation sites is 1. The van der Waals surface area contributed by atoms with Gasteiger partial charge in [0.25, 0.3) is 11.8 Å². The largest absolute Gasteiger partial charge is 0.465 e. The predicted molar refractivity (Wildman–Crippen MR) is 131 cm³/mol. The number of benzene rings is 2. The second-order valence-corrected chi connectivity index (χ2v) is 8.98. The lowest BCUT2D eigenvalue weighted by Crippen LogP contribution is -2.46. The molecule has 0 spiro atoms. The quantitative estimate of drug-likeness (QED) is 0.346. The first kappa shape index (κ1) is 24.4. The molecule has 9 heteroatoms. The normalized spacial score (nSPS) is 13.6. The van der Waals surface area contributed by atoms with Gasteiger partial charge in [-0.2, -0.15) is 11.8 Å². The Balaban J connectivity index is 1.63. The molecule has 3 aromatic rings. The smallest absolute Gasteiger partial charge is 0.340 e. The molecule has 0 fully saturated rings. The predicted octanol–water partition coefficient (Wildman–Crippen LogP) is 3.79. The molecule has 0 saturated carbocycles. The molecule has 8 nitrogen and oxygen atoms in total. The Kier molecular flexibility index (Phi) is 7.16. The zero-order valence-corrected chi connectivity index (χ0v) is 20.4. The molecule has 1 atom stereocenters. The van der Waals surface area contributed by atoms with Crippen LogP contribution in [0.1, 0.15) is 48.8 Å². The van der Waals surface area contributed by atoms with E-state index in [0.29, 0.717) is 16.8 Å². The number of aryl methyl sites for hydroxylation is 1. The maximum absolute atomic E-state index is 13.2. The summed E-state index contributed by atoms with van der Waals surface area (Å²) in [5.41, 5.74) is 2.29. The van der Waals surface area contributed by atoms with Crippen LogP contribution in [-0.2, 0) is 20.9 Å². The Labute approximate surface area is 206 Å². The maximum Gasteiger partial charge on any atom is 0.340 e. The first-order valence-corrected chi connectivity index (χ1v) is 12.4. The van der Waals surface area contributed by atoms with Crippen LogP contribution in [0.4, 0.5) is 0 Å². The molecule has 180 valence electrons. The van der Waals surface area contributed by atoms with E-state index in [2.05, 4.69) is 4.98 Å². The number of pyridine rings is 1. The lowest BCUT2D eigenvalue weighted by molar-refractivity contribution is -0.149. The monoisotopic (exact) mass is 492 g/mol. The minimum Gasteiger partial charge on any atom is -0.465 e. The number of imide groups is 1. The van der Waals surface area contributed by atoms with Gasteiger partial charge < -0.3 is 9.47 Å². The summed E-state index contributed by atoms with van der Waals surface area (Å²) in [5, 5.41) is 0.784. The molecule has 1 aliphatic heterocycles. The first-order valence-electron chi connectivity index (χ1n) is 11.0. The highest BCUT2D eigenvalue weighted by Gasteiger charge is 2.43. The number of carbonyl (C=O) groups excluding carboxylic acids is 4. The summed E-state index contributed by atoms with van der Waals surface area (Å²) in [5.74, 6) is -1.84. The number of ether oxygens (including phenoxy) is 2. The van der Waals surface area contributed by atoms with Gasteiger partial charge in [-0.3, -0.25) is 14.5 Å². The van der Waals surface area contributed by atoms with Crippen molar-refractivity contribution in [1.29, 1.82) is 0 Å². The van der Waals surface area contributed by atoms with Gasteiger partial charge in [0.15, 0.2) is 0 Å². The molecule has 0 radical (unpaired) electrons. The molecular formula is C26H24N2O6S. The SMILES string of the molecule is COC(=O)c1c(COC(=O)C(CCSC)N2C(=O)c3ccccc3C2=O)nc2ccccc2c1C. The fourth-order valence-electron chi connectivity index (χ4n) is 4.23. The Morgan fingerprint density at radius 2 is 1.66 bits per heavy atom. The number of hydrogen-bond acceptors (Lipinski definition) is 8. The minimum absolute atomic E-state index is 0.223. The molecule has 0 saturated heterocycles. The summed E-state index contributed by atoms with van der Waals surface area (Å²) in [7, 11) is 1.27. The first-order chi connectivity index (χ1) is 16.9. The summed E-state index contributed by atoms with van der Waals surface area (Å²) in [6.45, 7) is 1.47. The van der Waals surface area contributed by atoms with Crippen molar-refractivity contribution in [2.45, 2.75) is 26.0 Å². The second kappa shape index (κ2) is 10.3. The van der Waals surface area contributed by atoms with Crippen LogP contribution in [0.15, 0.2) is 48.5 Å². The lowest BCUT2D eigenvalue weighted by Gasteiger charge is -2.24. The molecule has 2 aromatic carbocycles. The number of esters is 2. The summed E-state index contributed by atoms with van der Waals surface area (Å²) in [6, 6.07) is 12.7. The number of aromatic nitrogens is 1. The number of fused-ring (bicyclic) bond motifs is 2. The van der Waals surface area contributed by atoms with Crippen LogP contribution in [0.2, 0.25) is 0 Å². The Bertz CT molecular complexity index is 1300. The highest BCUT2D eigenvalue weighted by atomic mass is 32.2. The number of carbonyl (C=O) groups is 4. The van der Waals surface area contributed by atoms with E-state index < -0.39 is 29.8 Å². The standard InChI is InChI=1S/C26H24N2O6S/c1-15-16-8-6-7-11-19(16)27-20(22(15)26(32)33-2)14-34-25(31)21(12-13-35-3)28-23(29)17-9-4-5-10-18(17)24(28)30/h4-11,21H,12-14H2,1-3H3. The van der Waals surface area contributed by atoms with E-state index in [0.717, 1.165) is 10.3 Å². The van der Waals surface area contributed by atoms with E-state index in [1.165, 1.54) is 18.9 Å². The van der Waals surface area contributed by atoms with Crippen molar-refractivity contribution in [1.82, 2.24) is 9.88 Å². The van der Waals surface area contributed by atoms with Crippen LogP contribution < -0.4 is 0 Å². The van der Waals surface area contributed by atoms with Crippen LogP contribution in [0.5, 0.6) is 0 Å². The highest BCUT2D eigenvalue weighted by Crippen LogP contribution is 2.28. The van der Waals surface area contributed by atoms with Crippen molar-refractivity contribution in [3.63, 3.8) is 0 Å². The van der Waals surface area contributed by atoms with Crippen LogP contribution in [0.25, 0.3) is 10.9 Å². The summed E-state index contributed by atoms with van der Waals surface area (Å²) >= 11 is 1.49. The molecular weight excluding hydrogens is 468 g/mol. The third-order valence-electron chi connectivity index (χ3n) is 5.97. The number of amides is 2. The number of rotatable bonds is 8. The Morgan fingerprint density at radius 1 is 1.03 bits per heavy atom. The molecule has 0 bridgehead atoms. The molecule has 1 aromatic heterocycles. The van der Waals surface area contributed by atoms with Crippen molar-refractivity contribution in [3.05, 3.63) is 76.5 Å². The van der Waals surface area contributed by atoms with Crippen molar-refractivity contribution in [2.24, 2.45) is 0 Å². The summed E-state index contributed by atoms with van der Waals surface area (Å²) in [6.07, 6.45) is 2.11. The van der Waals surface area contributed by atoms with E-state index in [4.69, 9.17) is 9.47 Å². The molecule has 4 rings (SSSR count). The fraction of sp³-hybridized carbons (Fsp3) is 0.269. The molecule has 35 heavy (non-hydrogen) atoms. The van der Waals surface area contributed by atoms with E-state index >= 15 is 0 Å². The highest BCUT2D eigenvalue weighted by molar-refractivity contribution is 7.98. The van der Waals surface area contributed by atoms with E-state index in [1.807, 2.05) is 24.5 Å². The third-order valence-corrected chi connectivity index (χ3v) is 6.62. The zero-order chi connectivity index (χ0) is 25.1. The van der Waals surface area contributed by atoms with Crippen molar-refractivity contribution < 1.29 is 28.7 Å². The summed E-state index contributed by atoms with van der Waals surface area (Å²) < 4.78 is 10.5. The van der Waals surface area contributed by atoms with Crippen LogP contribution in [0.3, 0.4) is 0 Å². The number of methoxy groups -OCH3 is 1. The maximum atomic E-state index is 13.2.